The van der Waals surface area contributed by atoms with Crippen LogP contribution in [0.1, 0.15) is 19.3 Å². The molecule has 0 bridgehead atoms. The van der Waals surface area contributed by atoms with Gasteiger partial charge in [0, 0.05) is 18.7 Å². The van der Waals surface area contributed by atoms with E-state index >= 15 is 0 Å². The van der Waals surface area contributed by atoms with E-state index in [1.807, 2.05) is 6.07 Å². The van der Waals surface area contributed by atoms with Gasteiger partial charge in [-0.15, -0.1) is 0 Å². The summed E-state index contributed by atoms with van der Waals surface area (Å²) in [7, 11) is 0. The molecule has 1 heterocycles. The van der Waals surface area contributed by atoms with Gasteiger partial charge in [-0.1, -0.05) is 12.5 Å². The highest BCUT2D eigenvalue weighted by atomic mass is 16.3. The number of nitrogens with one attached hydrogen (secondary N) is 2. The van der Waals surface area contributed by atoms with Crippen LogP contribution in [0.15, 0.2) is 24.4 Å². The first kappa shape index (κ1) is 11.9. The first-order valence-electron chi connectivity index (χ1n) is 5.89. The molecule has 1 aliphatic rings. The molecule has 0 aromatic carbocycles. The smallest absolute Gasteiger partial charge is 0.320 e. The molecule has 17 heavy (non-hydrogen) atoms. The van der Waals surface area contributed by atoms with Crippen LogP contribution in [0, 0.1) is 5.92 Å². The minimum absolute atomic E-state index is 0.185. The van der Waals surface area contributed by atoms with Crippen LogP contribution >= 0.6 is 0 Å². The van der Waals surface area contributed by atoms with Crippen LogP contribution in [-0.4, -0.2) is 28.8 Å². The number of pyridine rings is 1. The Morgan fingerprint density at radius 2 is 2.35 bits per heavy atom. The minimum atomic E-state index is -0.275. The summed E-state index contributed by atoms with van der Waals surface area (Å²) >= 11 is 0. The fraction of sp³-hybridized carbons (Fsp3) is 0.500. The molecule has 0 saturated heterocycles. The predicted octanol–water partition coefficient (Wildman–Crippen LogP) is 1.36. The molecule has 2 rings (SSSR count). The Morgan fingerprint density at radius 1 is 1.47 bits per heavy atom. The fourth-order valence-electron chi connectivity index (χ4n) is 2.08. The van der Waals surface area contributed by atoms with E-state index in [1.165, 1.54) is 0 Å². The van der Waals surface area contributed by atoms with Gasteiger partial charge in [-0.3, -0.25) is 5.32 Å². The molecule has 92 valence electrons. The van der Waals surface area contributed by atoms with Crippen LogP contribution in [-0.2, 0) is 0 Å². The van der Waals surface area contributed by atoms with E-state index in [0.717, 1.165) is 19.3 Å². The Bertz CT molecular complexity index is 369. The van der Waals surface area contributed by atoms with Gasteiger partial charge in [0.25, 0.3) is 0 Å². The molecule has 5 heteroatoms. The van der Waals surface area contributed by atoms with Crippen LogP contribution in [0.5, 0.6) is 0 Å². The molecule has 0 unspecified atom stereocenters. The largest absolute Gasteiger partial charge is 0.393 e. The van der Waals surface area contributed by atoms with Crippen LogP contribution in [0.25, 0.3) is 0 Å². The molecule has 1 aromatic rings. The lowest BCUT2D eigenvalue weighted by atomic mass is 10.1. The zero-order chi connectivity index (χ0) is 12.1. The van der Waals surface area contributed by atoms with Gasteiger partial charge in [0.2, 0.25) is 0 Å². The third kappa shape index (κ3) is 3.42. The van der Waals surface area contributed by atoms with E-state index in [2.05, 4.69) is 15.6 Å². The SMILES string of the molecule is O=C(NC[C@@H]1CCC[C@H]1O)Nc1ccccn1. The summed E-state index contributed by atoms with van der Waals surface area (Å²) in [6, 6.07) is 5.05. The third-order valence-corrected chi connectivity index (χ3v) is 3.05. The highest BCUT2D eigenvalue weighted by molar-refractivity contribution is 5.88. The molecule has 5 nitrogen and oxygen atoms in total. The number of aliphatic hydroxyl groups excluding tert-OH is 1. The van der Waals surface area contributed by atoms with E-state index < -0.39 is 0 Å². The first-order valence-corrected chi connectivity index (χ1v) is 5.89. The summed E-state index contributed by atoms with van der Waals surface area (Å²) in [5.41, 5.74) is 0. The third-order valence-electron chi connectivity index (χ3n) is 3.05. The molecule has 0 spiro atoms. The monoisotopic (exact) mass is 235 g/mol. The maximum Gasteiger partial charge on any atom is 0.320 e. The summed E-state index contributed by atoms with van der Waals surface area (Å²) in [5.74, 6) is 0.710. The van der Waals surface area contributed by atoms with Crippen molar-refractivity contribution in [3.63, 3.8) is 0 Å². The number of carbonyl (C=O) groups is 1. The zero-order valence-electron chi connectivity index (χ0n) is 9.60. The summed E-state index contributed by atoms with van der Waals surface area (Å²) in [6.45, 7) is 0.514. The lowest BCUT2D eigenvalue weighted by Gasteiger charge is -2.15. The van der Waals surface area contributed by atoms with Crippen molar-refractivity contribution in [1.29, 1.82) is 0 Å². The van der Waals surface area contributed by atoms with Gasteiger partial charge in [-0.05, 0) is 25.0 Å². The van der Waals surface area contributed by atoms with Gasteiger partial charge in [-0.25, -0.2) is 9.78 Å². The molecular formula is C12H17N3O2. The Labute approximate surface area is 100 Å². The first-order chi connectivity index (χ1) is 8.25. The molecule has 1 fully saturated rings. The minimum Gasteiger partial charge on any atom is -0.393 e. The van der Waals surface area contributed by atoms with Gasteiger partial charge in [0.05, 0.1) is 6.10 Å². The van der Waals surface area contributed by atoms with Crippen molar-refractivity contribution >= 4 is 11.8 Å². The number of anilines is 1. The van der Waals surface area contributed by atoms with Crippen molar-refractivity contribution in [3.05, 3.63) is 24.4 Å². The molecule has 3 N–H and O–H groups in total. The maximum atomic E-state index is 11.5. The summed E-state index contributed by atoms with van der Waals surface area (Å²) in [6.07, 6.45) is 4.20. The molecule has 1 aliphatic carbocycles. The topological polar surface area (TPSA) is 74.2 Å². The highest BCUT2D eigenvalue weighted by Gasteiger charge is 2.25. The van der Waals surface area contributed by atoms with Crippen molar-refractivity contribution in [2.45, 2.75) is 25.4 Å². The van der Waals surface area contributed by atoms with Crippen molar-refractivity contribution in [1.82, 2.24) is 10.3 Å². The molecule has 1 aromatic heterocycles. The van der Waals surface area contributed by atoms with Crippen LogP contribution in [0.2, 0.25) is 0 Å². The Morgan fingerprint density at radius 3 is 3.00 bits per heavy atom. The van der Waals surface area contributed by atoms with Gasteiger partial charge < -0.3 is 10.4 Å². The summed E-state index contributed by atoms with van der Waals surface area (Å²) < 4.78 is 0. The van der Waals surface area contributed by atoms with Crippen molar-refractivity contribution in [3.8, 4) is 0 Å². The highest BCUT2D eigenvalue weighted by Crippen LogP contribution is 2.24. The predicted molar refractivity (Wildman–Crippen MR) is 64.6 cm³/mol. The number of nitrogens with zero attached hydrogens (tertiary/aromatic N) is 1. The van der Waals surface area contributed by atoms with Crippen molar-refractivity contribution < 1.29 is 9.90 Å². The normalized spacial score (nSPS) is 23.4. The lowest BCUT2D eigenvalue weighted by molar-refractivity contribution is 0.133. The number of hydrogen-bond acceptors (Lipinski definition) is 3. The number of aliphatic hydroxyl groups is 1. The molecule has 2 atom stereocenters. The Kier molecular flexibility index (Phi) is 3.93. The number of carbonyl (C=O) groups excluding carboxylic acids is 1. The second kappa shape index (κ2) is 5.63. The summed E-state index contributed by atoms with van der Waals surface area (Å²) in [5, 5.41) is 15.0. The quantitative estimate of drug-likeness (QED) is 0.740. The summed E-state index contributed by atoms with van der Waals surface area (Å²) in [4.78, 5) is 15.5. The average Bonchev–Trinajstić information content (AvgIpc) is 2.74. The van der Waals surface area contributed by atoms with E-state index in [1.54, 1.807) is 18.3 Å². The van der Waals surface area contributed by atoms with Crippen molar-refractivity contribution in [2.24, 2.45) is 5.92 Å². The average molecular weight is 235 g/mol. The second-order valence-corrected chi connectivity index (χ2v) is 4.31. The standard InChI is InChI=1S/C12H17N3O2/c16-10-5-3-4-9(10)8-14-12(17)15-11-6-1-2-7-13-11/h1-2,6-7,9-10,16H,3-5,8H2,(H2,13,14,15,17)/t9-,10+/m0/s1. The van der Waals surface area contributed by atoms with Gasteiger partial charge in [0.1, 0.15) is 5.82 Å². The molecule has 2 amide bonds. The number of urea groups is 1. The van der Waals surface area contributed by atoms with Crippen LogP contribution in [0.4, 0.5) is 10.6 Å². The zero-order valence-corrected chi connectivity index (χ0v) is 9.60. The van der Waals surface area contributed by atoms with E-state index in [9.17, 15) is 9.90 Å². The molecular weight excluding hydrogens is 218 g/mol. The molecule has 1 saturated carbocycles. The van der Waals surface area contributed by atoms with Gasteiger partial charge in [0.15, 0.2) is 0 Å². The van der Waals surface area contributed by atoms with E-state index in [-0.39, 0.29) is 18.1 Å². The Balaban J connectivity index is 1.74. The number of aromatic nitrogens is 1. The number of amides is 2. The lowest BCUT2D eigenvalue weighted by Crippen LogP contribution is -2.35. The van der Waals surface area contributed by atoms with E-state index in [4.69, 9.17) is 0 Å². The maximum absolute atomic E-state index is 11.5. The number of rotatable bonds is 3. The van der Waals surface area contributed by atoms with Crippen molar-refractivity contribution in [2.75, 3.05) is 11.9 Å². The van der Waals surface area contributed by atoms with Crippen LogP contribution < -0.4 is 10.6 Å². The van der Waals surface area contributed by atoms with Gasteiger partial charge >= 0.3 is 6.03 Å². The Hall–Kier alpha value is -1.62. The fourth-order valence-corrected chi connectivity index (χ4v) is 2.08. The van der Waals surface area contributed by atoms with Gasteiger partial charge in [-0.2, -0.15) is 0 Å². The number of hydrogen-bond donors (Lipinski definition) is 3. The van der Waals surface area contributed by atoms with E-state index in [0.29, 0.717) is 12.4 Å². The second-order valence-electron chi connectivity index (χ2n) is 4.31. The molecule has 0 radical (unpaired) electrons. The molecule has 0 aliphatic heterocycles. The van der Waals surface area contributed by atoms with Crippen LogP contribution in [0.3, 0.4) is 0 Å².